The third kappa shape index (κ3) is 2.10. The molecule has 3 rings (SSSR count). The number of carbonyl (C=O) groups excluding carboxylic acids is 2. The Morgan fingerprint density at radius 3 is 2.29 bits per heavy atom. The highest BCUT2D eigenvalue weighted by Crippen LogP contribution is 2.35. The molecule has 0 unspecified atom stereocenters. The molecule has 1 aliphatic rings. The van der Waals surface area contributed by atoms with Gasteiger partial charge in [0.2, 0.25) is 0 Å². The van der Waals surface area contributed by atoms with Crippen molar-refractivity contribution in [1.82, 2.24) is 0 Å². The number of ketones is 2. The van der Waals surface area contributed by atoms with E-state index in [9.17, 15) is 19.8 Å². The molecule has 104 valence electrons. The van der Waals surface area contributed by atoms with Crippen LogP contribution >= 0.6 is 0 Å². The highest BCUT2D eigenvalue weighted by atomic mass is 16.3. The van der Waals surface area contributed by atoms with Crippen LogP contribution in [0.1, 0.15) is 31.8 Å². The summed E-state index contributed by atoms with van der Waals surface area (Å²) in [4.78, 5) is 24.7. The average Bonchev–Trinajstić information content (AvgIpc) is 2.43. The first-order valence-corrected chi connectivity index (χ1v) is 6.41. The first kappa shape index (κ1) is 13.1. The first-order valence-electron chi connectivity index (χ1n) is 6.41. The zero-order chi connectivity index (χ0) is 15.1. The van der Waals surface area contributed by atoms with Gasteiger partial charge >= 0.3 is 0 Å². The monoisotopic (exact) mass is 280 g/mol. The van der Waals surface area contributed by atoms with Crippen molar-refractivity contribution in [2.75, 3.05) is 0 Å². The average molecular weight is 280 g/mol. The molecule has 2 N–H and O–H groups in total. The second-order valence-electron chi connectivity index (χ2n) is 5.00. The van der Waals surface area contributed by atoms with E-state index >= 15 is 0 Å². The lowest BCUT2D eigenvalue weighted by atomic mass is 9.85. The van der Waals surface area contributed by atoms with Gasteiger partial charge in [0.25, 0.3) is 0 Å². The lowest BCUT2D eigenvalue weighted by Gasteiger charge is -2.16. The van der Waals surface area contributed by atoms with Crippen LogP contribution in [0.3, 0.4) is 0 Å². The minimum absolute atomic E-state index is 0.0237. The highest BCUT2D eigenvalue weighted by molar-refractivity contribution is 6.39. The molecule has 0 radical (unpaired) electrons. The molecule has 2 aromatic carbocycles. The predicted octanol–water partition coefficient (Wildman–Crippen LogP) is 2.87. The Bertz CT molecular complexity index is 798. The van der Waals surface area contributed by atoms with Gasteiger partial charge in [-0.3, -0.25) is 9.59 Å². The fraction of sp³-hybridized carbons (Fsp3) is 0.0588. The predicted molar refractivity (Wildman–Crippen MR) is 77.6 cm³/mol. The van der Waals surface area contributed by atoms with Crippen LogP contribution in [0.4, 0.5) is 0 Å². The third-order valence-electron chi connectivity index (χ3n) is 3.48. The molecule has 0 fully saturated rings. The summed E-state index contributed by atoms with van der Waals surface area (Å²) in [5.41, 5.74) is 1.90. The number of hydrogen-bond donors (Lipinski definition) is 2. The van der Waals surface area contributed by atoms with Crippen LogP contribution in [-0.4, -0.2) is 21.8 Å². The molecule has 0 saturated heterocycles. The van der Waals surface area contributed by atoms with E-state index in [1.165, 1.54) is 12.1 Å². The van der Waals surface area contributed by atoms with E-state index in [0.717, 1.165) is 11.6 Å². The number of fused-ring (bicyclic) bond motifs is 1. The molecule has 0 spiro atoms. The van der Waals surface area contributed by atoms with Crippen LogP contribution < -0.4 is 0 Å². The van der Waals surface area contributed by atoms with Crippen molar-refractivity contribution in [3.05, 3.63) is 64.7 Å². The standard InChI is InChI=1S/C17H12O4/c1-9-2-4-10(5-3-9)12-8-15(20)16-13(17(12)21)6-11(18)7-14(16)19/h2-8,18-19H,1H3. The van der Waals surface area contributed by atoms with Crippen LogP contribution in [0.25, 0.3) is 5.57 Å². The zero-order valence-electron chi connectivity index (χ0n) is 11.3. The minimum atomic E-state index is -0.447. The Balaban J connectivity index is 2.17. The SMILES string of the molecule is Cc1ccc(C2=CC(=O)c3c(O)cc(O)cc3C2=O)cc1. The first-order chi connectivity index (χ1) is 9.97. The van der Waals surface area contributed by atoms with Crippen LogP contribution in [0.2, 0.25) is 0 Å². The number of Topliss-reactive ketones (excluding diaryl/α,β-unsaturated/α-hetero) is 1. The van der Waals surface area contributed by atoms with Gasteiger partial charge in [-0.1, -0.05) is 29.8 Å². The van der Waals surface area contributed by atoms with Crippen molar-refractivity contribution in [3.8, 4) is 11.5 Å². The number of carbonyl (C=O) groups is 2. The van der Waals surface area contributed by atoms with E-state index in [2.05, 4.69) is 0 Å². The Morgan fingerprint density at radius 1 is 0.952 bits per heavy atom. The molecular formula is C17H12O4. The molecule has 4 heteroatoms. The number of hydrogen-bond acceptors (Lipinski definition) is 4. The topological polar surface area (TPSA) is 74.6 Å². The van der Waals surface area contributed by atoms with Crippen LogP contribution in [0.15, 0.2) is 42.5 Å². The van der Waals surface area contributed by atoms with Gasteiger partial charge in [0, 0.05) is 17.2 Å². The fourth-order valence-electron chi connectivity index (χ4n) is 2.41. The second-order valence-corrected chi connectivity index (χ2v) is 5.00. The smallest absolute Gasteiger partial charge is 0.194 e. The summed E-state index contributed by atoms with van der Waals surface area (Å²) in [6, 6.07) is 9.48. The Morgan fingerprint density at radius 2 is 1.62 bits per heavy atom. The van der Waals surface area contributed by atoms with Gasteiger partial charge < -0.3 is 10.2 Å². The largest absolute Gasteiger partial charge is 0.508 e. The van der Waals surface area contributed by atoms with Crippen molar-refractivity contribution in [2.24, 2.45) is 0 Å². The molecule has 2 aromatic rings. The number of phenols is 2. The molecule has 0 amide bonds. The zero-order valence-corrected chi connectivity index (χ0v) is 11.3. The Hall–Kier alpha value is -2.88. The van der Waals surface area contributed by atoms with Crippen LogP contribution in [-0.2, 0) is 0 Å². The van der Waals surface area contributed by atoms with E-state index in [1.807, 2.05) is 19.1 Å². The molecule has 21 heavy (non-hydrogen) atoms. The molecule has 0 saturated carbocycles. The van der Waals surface area contributed by atoms with E-state index in [4.69, 9.17) is 0 Å². The number of rotatable bonds is 1. The van der Waals surface area contributed by atoms with Gasteiger partial charge in [-0.05, 0) is 24.6 Å². The summed E-state index contributed by atoms with van der Waals surface area (Å²) in [6.07, 6.45) is 1.23. The van der Waals surface area contributed by atoms with Gasteiger partial charge in [0.1, 0.15) is 11.5 Å². The Labute approximate surface area is 121 Å². The van der Waals surface area contributed by atoms with Crippen molar-refractivity contribution in [3.63, 3.8) is 0 Å². The van der Waals surface area contributed by atoms with Gasteiger partial charge in [-0.25, -0.2) is 0 Å². The summed E-state index contributed by atoms with van der Waals surface area (Å²) in [5, 5.41) is 19.3. The molecule has 0 aromatic heterocycles. The molecule has 0 aliphatic heterocycles. The maximum absolute atomic E-state index is 12.5. The molecule has 0 bridgehead atoms. The summed E-state index contributed by atoms with van der Waals surface area (Å²) < 4.78 is 0. The van der Waals surface area contributed by atoms with Crippen molar-refractivity contribution < 1.29 is 19.8 Å². The van der Waals surface area contributed by atoms with Crippen molar-refractivity contribution >= 4 is 17.1 Å². The maximum Gasteiger partial charge on any atom is 0.194 e. The summed E-state index contributed by atoms with van der Waals surface area (Å²) in [7, 11) is 0. The highest BCUT2D eigenvalue weighted by Gasteiger charge is 2.29. The van der Waals surface area contributed by atoms with E-state index in [-0.39, 0.29) is 34.0 Å². The number of phenolic OH excluding ortho intramolecular Hbond substituents is 2. The molecular weight excluding hydrogens is 268 g/mol. The maximum atomic E-state index is 12.5. The number of allylic oxidation sites excluding steroid dienone is 2. The summed E-state index contributed by atoms with van der Waals surface area (Å²) >= 11 is 0. The summed E-state index contributed by atoms with van der Waals surface area (Å²) in [5.74, 6) is -1.47. The lowest BCUT2D eigenvalue weighted by Crippen LogP contribution is -2.16. The van der Waals surface area contributed by atoms with Crippen molar-refractivity contribution in [1.29, 1.82) is 0 Å². The van der Waals surface area contributed by atoms with E-state index in [0.29, 0.717) is 5.56 Å². The number of benzene rings is 2. The van der Waals surface area contributed by atoms with Gasteiger partial charge in [-0.2, -0.15) is 0 Å². The summed E-state index contributed by atoms with van der Waals surface area (Å²) in [6.45, 7) is 1.93. The van der Waals surface area contributed by atoms with Gasteiger partial charge in [-0.15, -0.1) is 0 Å². The molecule has 0 heterocycles. The quantitative estimate of drug-likeness (QED) is 0.842. The Kier molecular flexibility index (Phi) is 2.87. The number of aryl methyl sites for hydroxylation is 1. The molecule has 1 aliphatic carbocycles. The lowest BCUT2D eigenvalue weighted by molar-refractivity contribution is 0.0999. The second kappa shape index (κ2) is 4.59. The van der Waals surface area contributed by atoms with Gasteiger partial charge in [0.05, 0.1) is 5.56 Å². The van der Waals surface area contributed by atoms with E-state index in [1.54, 1.807) is 12.1 Å². The minimum Gasteiger partial charge on any atom is -0.508 e. The van der Waals surface area contributed by atoms with Crippen molar-refractivity contribution in [2.45, 2.75) is 6.92 Å². The van der Waals surface area contributed by atoms with Gasteiger partial charge in [0.15, 0.2) is 11.6 Å². The number of aromatic hydroxyl groups is 2. The molecule has 4 nitrogen and oxygen atoms in total. The van der Waals surface area contributed by atoms with Crippen LogP contribution in [0, 0.1) is 6.92 Å². The normalized spacial score (nSPS) is 13.9. The third-order valence-corrected chi connectivity index (χ3v) is 3.48. The van der Waals surface area contributed by atoms with Crippen LogP contribution in [0.5, 0.6) is 11.5 Å². The molecule has 0 atom stereocenters. The fourth-order valence-corrected chi connectivity index (χ4v) is 2.41. The van der Waals surface area contributed by atoms with E-state index < -0.39 is 5.78 Å².